The van der Waals surface area contributed by atoms with Crippen LogP contribution >= 0.6 is 11.6 Å². The molecule has 29 valence electrons. The molecule has 0 nitrogen and oxygen atoms in total. The maximum Gasteiger partial charge on any atom is 0.0669 e. The zero-order chi connectivity index (χ0) is 3.86. The second kappa shape index (κ2) is 0.874. The molecule has 0 bridgehead atoms. The molecule has 0 aromatic carbocycles. The summed E-state index contributed by atoms with van der Waals surface area (Å²) in [5, 5.41) is 1.14. The van der Waals surface area contributed by atoms with E-state index in [0.29, 0.717) is 0 Å². The molecule has 1 atom stereocenters. The molecule has 5 heavy (non-hydrogen) atoms. The molecule has 1 unspecified atom stereocenters. The van der Waals surface area contributed by atoms with Crippen LogP contribution in [0.4, 0.5) is 0 Å². The maximum atomic E-state index is 5.45. The van der Waals surface area contributed by atoms with Crippen LogP contribution in [0.1, 0.15) is 13.3 Å². The quantitative estimate of drug-likeness (QED) is 0.425. The topological polar surface area (TPSA) is 0 Å². The number of halogens is 1. The van der Waals surface area contributed by atoms with Gasteiger partial charge in [-0.1, -0.05) is 6.92 Å². The van der Waals surface area contributed by atoms with Gasteiger partial charge in [-0.2, -0.15) is 0 Å². The highest BCUT2D eigenvalue weighted by Crippen LogP contribution is 2.43. The van der Waals surface area contributed by atoms with E-state index < -0.39 is 0 Å². The summed E-state index contributed by atoms with van der Waals surface area (Å²) in [5.41, 5.74) is 0. The first-order valence-corrected chi connectivity index (χ1v) is 2.19. The maximum absolute atomic E-state index is 5.45. The second-order valence-corrected chi connectivity index (χ2v) is 2.04. The summed E-state index contributed by atoms with van der Waals surface area (Å²) in [4.78, 5) is 0. The highest BCUT2D eigenvalue weighted by atomic mass is 35.5. The zero-order valence-electron chi connectivity index (χ0n) is 3.16. The van der Waals surface area contributed by atoms with Gasteiger partial charge in [0.25, 0.3) is 0 Å². The summed E-state index contributed by atoms with van der Waals surface area (Å²) < 4.78 is 0. The van der Waals surface area contributed by atoms with Crippen molar-refractivity contribution in [3.05, 3.63) is 5.38 Å². The molecule has 1 heteroatoms. The molecule has 1 fully saturated rings. The average Bonchev–Trinajstić information content (AvgIpc) is 1.79. The van der Waals surface area contributed by atoms with E-state index in [4.69, 9.17) is 11.6 Å². The first kappa shape index (κ1) is 3.48. The van der Waals surface area contributed by atoms with Crippen LogP contribution in [-0.4, -0.2) is 0 Å². The Hall–Kier alpha value is 0.290. The lowest BCUT2D eigenvalue weighted by Crippen LogP contribution is -1.51. The van der Waals surface area contributed by atoms with Crippen LogP contribution in [0.3, 0.4) is 0 Å². The molecular formula is C4H6Cl. The molecule has 0 aromatic heterocycles. The van der Waals surface area contributed by atoms with E-state index in [1.807, 2.05) is 0 Å². The largest absolute Gasteiger partial charge is 0.117 e. The van der Waals surface area contributed by atoms with Crippen LogP contribution in [0.15, 0.2) is 0 Å². The van der Waals surface area contributed by atoms with Gasteiger partial charge in [-0.25, -0.2) is 0 Å². The van der Waals surface area contributed by atoms with E-state index in [1.54, 1.807) is 0 Å². The molecule has 1 rings (SSSR count). The minimum absolute atomic E-state index is 0.733. The van der Waals surface area contributed by atoms with Gasteiger partial charge in [0.1, 0.15) is 0 Å². The lowest BCUT2D eigenvalue weighted by molar-refractivity contribution is 1.01. The molecule has 1 saturated carbocycles. The standard InChI is InChI=1S/C4H6Cl/c1-3-2-4(3)5/h3H,2H2,1H3. The van der Waals surface area contributed by atoms with Crippen LogP contribution in [0.25, 0.3) is 0 Å². The summed E-state index contributed by atoms with van der Waals surface area (Å²) in [6.45, 7) is 2.13. The number of hydrogen-bond donors (Lipinski definition) is 0. The molecule has 0 spiro atoms. The van der Waals surface area contributed by atoms with E-state index in [1.165, 1.54) is 0 Å². The van der Waals surface area contributed by atoms with Crippen molar-refractivity contribution in [3.63, 3.8) is 0 Å². The lowest BCUT2D eigenvalue weighted by Gasteiger charge is -1.63. The van der Waals surface area contributed by atoms with Crippen molar-refractivity contribution in [3.8, 4) is 0 Å². The van der Waals surface area contributed by atoms with E-state index in [0.717, 1.165) is 17.7 Å². The fourth-order valence-corrected chi connectivity index (χ4v) is 0.465. The van der Waals surface area contributed by atoms with Crippen molar-refractivity contribution in [1.29, 1.82) is 0 Å². The van der Waals surface area contributed by atoms with Gasteiger partial charge in [-0.3, -0.25) is 0 Å². The molecular weight excluding hydrogens is 83.5 g/mol. The van der Waals surface area contributed by atoms with Gasteiger partial charge in [0.2, 0.25) is 0 Å². The highest BCUT2D eigenvalue weighted by molar-refractivity contribution is 6.29. The Morgan fingerprint density at radius 1 is 2.00 bits per heavy atom. The smallest absolute Gasteiger partial charge is 0.0669 e. The Morgan fingerprint density at radius 2 is 2.20 bits per heavy atom. The van der Waals surface area contributed by atoms with Crippen molar-refractivity contribution in [2.45, 2.75) is 13.3 Å². The summed E-state index contributed by atoms with van der Waals surface area (Å²) >= 11 is 5.45. The summed E-state index contributed by atoms with van der Waals surface area (Å²) in [7, 11) is 0. The SMILES string of the molecule is CC1C[C]1Cl. The Kier molecular flexibility index (Phi) is 0.608. The minimum Gasteiger partial charge on any atom is -0.117 e. The van der Waals surface area contributed by atoms with Crippen LogP contribution in [-0.2, 0) is 0 Å². The Morgan fingerprint density at radius 3 is 2.20 bits per heavy atom. The van der Waals surface area contributed by atoms with Gasteiger partial charge < -0.3 is 0 Å². The van der Waals surface area contributed by atoms with Gasteiger partial charge in [0.05, 0.1) is 5.38 Å². The first-order valence-electron chi connectivity index (χ1n) is 1.82. The van der Waals surface area contributed by atoms with E-state index in [9.17, 15) is 0 Å². The third-order valence-electron chi connectivity index (χ3n) is 0.876. The van der Waals surface area contributed by atoms with Crippen LogP contribution < -0.4 is 0 Å². The Labute approximate surface area is 37.1 Å². The molecule has 0 N–H and O–H groups in total. The van der Waals surface area contributed by atoms with Gasteiger partial charge in [-0.05, 0) is 12.3 Å². The number of hydrogen-bond acceptors (Lipinski definition) is 0. The fraction of sp³-hybridized carbons (Fsp3) is 0.750. The van der Waals surface area contributed by atoms with E-state index in [-0.39, 0.29) is 0 Å². The predicted octanol–water partition coefficient (Wildman–Crippen LogP) is 1.80. The molecule has 0 heterocycles. The normalized spacial score (nSPS) is 38.4. The molecule has 1 radical (unpaired) electrons. The Bertz CT molecular complexity index is 36.9. The van der Waals surface area contributed by atoms with E-state index >= 15 is 0 Å². The molecule has 0 aliphatic heterocycles. The number of rotatable bonds is 0. The molecule has 1 aliphatic rings. The molecule has 0 amide bonds. The van der Waals surface area contributed by atoms with Crippen molar-refractivity contribution in [2.75, 3.05) is 0 Å². The van der Waals surface area contributed by atoms with Crippen molar-refractivity contribution >= 4 is 11.6 Å². The minimum atomic E-state index is 0.733. The lowest BCUT2D eigenvalue weighted by atomic mass is 10.5. The van der Waals surface area contributed by atoms with Gasteiger partial charge in [0, 0.05) is 0 Å². The third kappa shape index (κ3) is 0.569. The Balaban J connectivity index is 2.20. The monoisotopic (exact) mass is 89.0 g/mol. The molecule has 1 aliphatic carbocycles. The van der Waals surface area contributed by atoms with Crippen molar-refractivity contribution < 1.29 is 0 Å². The third-order valence-corrected chi connectivity index (χ3v) is 1.40. The van der Waals surface area contributed by atoms with E-state index in [2.05, 4.69) is 6.92 Å². The first-order chi connectivity index (χ1) is 2.30. The average molecular weight is 89.5 g/mol. The summed E-state index contributed by atoms with van der Waals surface area (Å²) in [5.74, 6) is 0.733. The summed E-state index contributed by atoms with van der Waals surface area (Å²) in [6, 6.07) is 0. The van der Waals surface area contributed by atoms with Gasteiger partial charge >= 0.3 is 0 Å². The molecule has 0 aromatic rings. The predicted molar refractivity (Wildman–Crippen MR) is 22.9 cm³/mol. The molecule has 0 saturated heterocycles. The van der Waals surface area contributed by atoms with Crippen molar-refractivity contribution in [1.82, 2.24) is 0 Å². The fourth-order valence-electron chi connectivity index (χ4n) is 0.234. The van der Waals surface area contributed by atoms with Crippen LogP contribution in [0.2, 0.25) is 0 Å². The van der Waals surface area contributed by atoms with Crippen LogP contribution in [0.5, 0.6) is 0 Å². The highest BCUT2D eigenvalue weighted by Gasteiger charge is 2.30. The van der Waals surface area contributed by atoms with Gasteiger partial charge in [-0.15, -0.1) is 11.6 Å². The van der Waals surface area contributed by atoms with Crippen LogP contribution in [0, 0.1) is 11.3 Å². The van der Waals surface area contributed by atoms with Gasteiger partial charge in [0.15, 0.2) is 0 Å². The van der Waals surface area contributed by atoms with Crippen molar-refractivity contribution in [2.24, 2.45) is 5.92 Å². The summed E-state index contributed by atoms with van der Waals surface area (Å²) in [6.07, 6.45) is 1.15. The second-order valence-electron chi connectivity index (χ2n) is 1.55. The zero-order valence-corrected chi connectivity index (χ0v) is 3.92.